The number of nitrogens with one attached hydrogen (secondary N) is 1. The van der Waals surface area contributed by atoms with Crippen LogP contribution >= 0.6 is 0 Å². The number of anilines is 1. The maximum Gasteiger partial charge on any atom is 0.0390 e. The number of benzene rings is 1. The van der Waals surface area contributed by atoms with E-state index in [1.54, 1.807) is 0 Å². The van der Waals surface area contributed by atoms with Gasteiger partial charge in [0.05, 0.1) is 0 Å². The molecule has 1 aromatic carbocycles. The molecule has 0 aliphatic carbocycles. The summed E-state index contributed by atoms with van der Waals surface area (Å²) in [7, 11) is 0. The van der Waals surface area contributed by atoms with E-state index in [2.05, 4.69) is 24.4 Å². The van der Waals surface area contributed by atoms with E-state index in [0.717, 1.165) is 18.7 Å². The average Bonchev–Trinajstić information content (AvgIpc) is 2.18. The standard InChI is InChI=1S/C12H16N2/c1-9-8-10(6-7-14-9)11-4-2-3-5-12(11)13/h2-6,9,14H,7-8,13H2,1H3. The van der Waals surface area contributed by atoms with Gasteiger partial charge in [-0.15, -0.1) is 0 Å². The molecule has 1 unspecified atom stereocenters. The Morgan fingerprint density at radius 3 is 2.86 bits per heavy atom. The fraction of sp³-hybridized carbons (Fsp3) is 0.333. The van der Waals surface area contributed by atoms with Crippen LogP contribution in [0.15, 0.2) is 30.3 Å². The maximum atomic E-state index is 5.94. The van der Waals surface area contributed by atoms with Crippen LogP contribution in [0.2, 0.25) is 0 Å². The van der Waals surface area contributed by atoms with Gasteiger partial charge in [-0.2, -0.15) is 0 Å². The molecule has 0 radical (unpaired) electrons. The van der Waals surface area contributed by atoms with Crippen molar-refractivity contribution >= 4 is 11.3 Å². The normalized spacial score (nSPS) is 21.8. The van der Waals surface area contributed by atoms with Gasteiger partial charge in [-0.3, -0.25) is 0 Å². The Labute approximate surface area is 84.8 Å². The molecule has 2 heteroatoms. The zero-order valence-electron chi connectivity index (χ0n) is 8.46. The van der Waals surface area contributed by atoms with Crippen molar-refractivity contribution in [3.8, 4) is 0 Å². The third-order valence-corrected chi connectivity index (χ3v) is 2.65. The van der Waals surface area contributed by atoms with E-state index in [0.29, 0.717) is 6.04 Å². The first-order valence-corrected chi connectivity index (χ1v) is 5.04. The first kappa shape index (κ1) is 9.28. The molecule has 0 fully saturated rings. The van der Waals surface area contributed by atoms with Gasteiger partial charge in [-0.05, 0) is 25.0 Å². The third-order valence-electron chi connectivity index (χ3n) is 2.65. The van der Waals surface area contributed by atoms with Crippen molar-refractivity contribution < 1.29 is 0 Å². The van der Waals surface area contributed by atoms with E-state index >= 15 is 0 Å². The Kier molecular flexibility index (Phi) is 2.55. The summed E-state index contributed by atoms with van der Waals surface area (Å²) in [6, 6.07) is 8.63. The highest BCUT2D eigenvalue weighted by atomic mass is 14.9. The minimum Gasteiger partial charge on any atom is -0.398 e. The number of nitrogens with two attached hydrogens (primary N) is 1. The lowest BCUT2D eigenvalue weighted by Gasteiger charge is -2.21. The summed E-state index contributed by atoms with van der Waals surface area (Å²) in [6.07, 6.45) is 3.29. The highest BCUT2D eigenvalue weighted by molar-refractivity contribution is 5.75. The number of hydrogen-bond donors (Lipinski definition) is 2. The summed E-state index contributed by atoms with van der Waals surface area (Å²) in [4.78, 5) is 0. The summed E-state index contributed by atoms with van der Waals surface area (Å²) in [5.41, 5.74) is 9.38. The van der Waals surface area contributed by atoms with Crippen molar-refractivity contribution in [1.29, 1.82) is 0 Å². The van der Waals surface area contributed by atoms with Crippen molar-refractivity contribution in [1.82, 2.24) is 5.32 Å². The SMILES string of the molecule is CC1CC(c2ccccc2N)=CCN1. The van der Waals surface area contributed by atoms with Crippen molar-refractivity contribution in [2.75, 3.05) is 12.3 Å². The van der Waals surface area contributed by atoms with Crippen LogP contribution in [-0.4, -0.2) is 12.6 Å². The van der Waals surface area contributed by atoms with Crippen molar-refractivity contribution in [3.63, 3.8) is 0 Å². The molecule has 14 heavy (non-hydrogen) atoms. The van der Waals surface area contributed by atoms with E-state index in [9.17, 15) is 0 Å². The van der Waals surface area contributed by atoms with E-state index in [-0.39, 0.29) is 0 Å². The second-order valence-electron chi connectivity index (χ2n) is 3.83. The monoisotopic (exact) mass is 188 g/mol. The van der Waals surface area contributed by atoms with Gasteiger partial charge in [0.25, 0.3) is 0 Å². The molecule has 1 heterocycles. The lowest BCUT2D eigenvalue weighted by atomic mass is 9.95. The van der Waals surface area contributed by atoms with Crippen molar-refractivity contribution in [2.45, 2.75) is 19.4 Å². The smallest absolute Gasteiger partial charge is 0.0390 e. The van der Waals surface area contributed by atoms with Crippen LogP contribution < -0.4 is 11.1 Å². The van der Waals surface area contributed by atoms with Gasteiger partial charge >= 0.3 is 0 Å². The Bertz CT molecular complexity index is 355. The van der Waals surface area contributed by atoms with Crippen LogP contribution in [0.4, 0.5) is 5.69 Å². The van der Waals surface area contributed by atoms with Gasteiger partial charge in [0.2, 0.25) is 0 Å². The van der Waals surface area contributed by atoms with Crippen LogP contribution in [0.1, 0.15) is 18.9 Å². The van der Waals surface area contributed by atoms with Crippen LogP contribution in [0.3, 0.4) is 0 Å². The Balaban J connectivity index is 2.31. The Morgan fingerprint density at radius 2 is 2.14 bits per heavy atom. The van der Waals surface area contributed by atoms with Crippen LogP contribution in [0.25, 0.3) is 5.57 Å². The van der Waals surface area contributed by atoms with Crippen molar-refractivity contribution in [2.24, 2.45) is 0 Å². The number of para-hydroxylation sites is 1. The minimum absolute atomic E-state index is 0.551. The fourth-order valence-corrected chi connectivity index (χ4v) is 1.88. The first-order valence-electron chi connectivity index (χ1n) is 5.04. The molecule has 2 nitrogen and oxygen atoms in total. The molecule has 74 valence electrons. The van der Waals surface area contributed by atoms with E-state index in [1.165, 1.54) is 11.1 Å². The quantitative estimate of drug-likeness (QED) is 0.662. The topological polar surface area (TPSA) is 38.0 Å². The van der Waals surface area contributed by atoms with E-state index in [4.69, 9.17) is 5.73 Å². The van der Waals surface area contributed by atoms with Crippen LogP contribution in [-0.2, 0) is 0 Å². The maximum absolute atomic E-state index is 5.94. The van der Waals surface area contributed by atoms with Gasteiger partial charge in [0.1, 0.15) is 0 Å². The molecular formula is C12H16N2. The highest BCUT2D eigenvalue weighted by Gasteiger charge is 2.12. The summed E-state index contributed by atoms with van der Waals surface area (Å²) < 4.78 is 0. The lowest BCUT2D eigenvalue weighted by molar-refractivity contribution is 0.579. The molecule has 0 amide bonds. The summed E-state index contributed by atoms with van der Waals surface area (Å²) >= 11 is 0. The predicted octanol–water partition coefficient (Wildman–Crippen LogP) is 2.03. The molecule has 0 saturated carbocycles. The van der Waals surface area contributed by atoms with E-state index in [1.807, 2.05) is 18.2 Å². The number of nitrogen functional groups attached to an aromatic ring is 1. The molecule has 3 N–H and O–H groups in total. The van der Waals surface area contributed by atoms with E-state index < -0.39 is 0 Å². The molecule has 1 aromatic rings. The molecular weight excluding hydrogens is 172 g/mol. The summed E-state index contributed by atoms with van der Waals surface area (Å²) in [5, 5.41) is 3.38. The molecule has 1 atom stereocenters. The zero-order valence-corrected chi connectivity index (χ0v) is 8.46. The summed E-state index contributed by atoms with van der Waals surface area (Å²) in [6.45, 7) is 3.15. The first-order chi connectivity index (χ1) is 6.77. The third kappa shape index (κ3) is 1.80. The number of rotatable bonds is 1. The van der Waals surface area contributed by atoms with Crippen molar-refractivity contribution in [3.05, 3.63) is 35.9 Å². The predicted molar refractivity (Wildman–Crippen MR) is 60.9 cm³/mol. The second-order valence-corrected chi connectivity index (χ2v) is 3.83. The molecule has 0 bridgehead atoms. The van der Waals surface area contributed by atoms with Gasteiger partial charge in [0, 0.05) is 23.8 Å². The minimum atomic E-state index is 0.551. The fourth-order valence-electron chi connectivity index (χ4n) is 1.88. The summed E-state index contributed by atoms with van der Waals surface area (Å²) in [5.74, 6) is 0. The van der Waals surface area contributed by atoms with Gasteiger partial charge < -0.3 is 11.1 Å². The largest absolute Gasteiger partial charge is 0.398 e. The molecule has 0 spiro atoms. The lowest BCUT2D eigenvalue weighted by Crippen LogP contribution is -2.30. The van der Waals surface area contributed by atoms with Crippen LogP contribution in [0.5, 0.6) is 0 Å². The molecule has 2 rings (SSSR count). The van der Waals surface area contributed by atoms with Gasteiger partial charge in [0.15, 0.2) is 0 Å². The van der Waals surface area contributed by atoms with Gasteiger partial charge in [-0.25, -0.2) is 0 Å². The molecule has 1 aliphatic heterocycles. The molecule has 1 aliphatic rings. The highest BCUT2D eigenvalue weighted by Crippen LogP contribution is 2.26. The zero-order chi connectivity index (χ0) is 9.97. The average molecular weight is 188 g/mol. The van der Waals surface area contributed by atoms with Crippen LogP contribution in [0, 0.1) is 0 Å². The second kappa shape index (κ2) is 3.84. The molecule has 0 saturated heterocycles. The van der Waals surface area contributed by atoms with Gasteiger partial charge in [-0.1, -0.05) is 24.3 Å². The Hall–Kier alpha value is -1.28. The number of hydrogen-bond acceptors (Lipinski definition) is 2. The molecule has 0 aromatic heterocycles. The Morgan fingerprint density at radius 1 is 1.36 bits per heavy atom.